The Morgan fingerprint density at radius 1 is 0.889 bits per heavy atom. The van der Waals surface area contributed by atoms with E-state index < -0.39 is 0 Å². The molecule has 0 radical (unpaired) electrons. The second-order valence-electron chi connectivity index (χ2n) is 5.88. The van der Waals surface area contributed by atoms with E-state index in [1.165, 1.54) is 77.2 Å². The molecule has 1 rings (SSSR count). The first-order valence-corrected chi connectivity index (χ1v) is 8.32. The lowest BCUT2D eigenvalue weighted by atomic mass is 9.91. The molecular formula is C16H34N2. The molecule has 108 valence electrons. The summed E-state index contributed by atoms with van der Waals surface area (Å²) >= 11 is 0. The summed E-state index contributed by atoms with van der Waals surface area (Å²) in [5, 5.41) is 0. The van der Waals surface area contributed by atoms with Crippen molar-refractivity contribution < 1.29 is 0 Å². The van der Waals surface area contributed by atoms with Crippen molar-refractivity contribution >= 4 is 0 Å². The van der Waals surface area contributed by atoms with Gasteiger partial charge in [-0.25, -0.2) is 0 Å². The van der Waals surface area contributed by atoms with Crippen LogP contribution < -0.4 is 5.73 Å². The maximum Gasteiger partial charge on any atom is 0.0108 e. The molecule has 0 amide bonds. The lowest BCUT2D eigenvalue weighted by Crippen LogP contribution is -2.43. The highest BCUT2D eigenvalue weighted by molar-refractivity contribution is 4.80. The quantitative estimate of drug-likeness (QED) is 0.535. The van der Waals surface area contributed by atoms with E-state index >= 15 is 0 Å². The Balaban J connectivity index is 1.91. The molecule has 0 atom stereocenters. The topological polar surface area (TPSA) is 29.3 Å². The van der Waals surface area contributed by atoms with Crippen molar-refractivity contribution in [3.63, 3.8) is 0 Å². The molecule has 0 aromatic heterocycles. The maximum absolute atomic E-state index is 5.70. The zero-order valence-electron chi connectivity index (χ0n) is 12.5. The molecule has 1 aliphatic carbocycles. The van der Waals surface area contributed by atoms with Crippen LogP contribution in [0, 0.1) is 0 Å². The van der Waals surface area contributed by atoms with Crippen LogP contribution in [0.15, 0.2) is 0 Å². The molecule has 0 unspecified atom stereocenters. The molecule has 18 heavy (non-hydrogen) atoms. The zero-order valence-corrected chi connectivity index (χ0v) is 12.5. The standard InChI is InChI=1S/C16H34N2/c1-2-3-4-5-6-7-8-9-14-18(15-13-17)16-11-10-12-16/h16H,2-15,17H2,1H3. The highest BCUT2D eigenvalue weighted by Gasteiger charge is 2.23. The van der Waals surface area contributed by atoms with Crippen molar-refractivity contribution in [1.82, 2.24) is 4.90 Å². The van der Waals surface area contributed by atoms with Crippen LogP contribution in [0.1, 0.15) is 77.6 Å². The molecule has 1 aliphatic rings. The summed E-state index contributed by atoms with van der Waals surface area (Å²) in [5.41, 5.74) is 5.70. The van der Waals surface area contributed by atoms with Gasteiger partial charge in [0, 0.05) is 19.1 Å². The first-order chi connectivity index (χ1) is 8.88. The van der Waals surface area contributed by atoms with Crippen LogP contribution in [0.4, 0.5) is 0 Å². The molecule has 0 aromatic carbocycles. The second-order valence-corrected chi connectivity index (χ2v) is 5.88. The largest absolute Gasteiger partial charge is 0.329 e. The fraction of sp³-hybridized carbons (Fsp3) is 1.00. The molecule has 1 fully saturated rings. The molecule has 2 N–H and O–H groups in total. The minimum absolute atomic E-state index is 0.827. The van der Waals surface area contributed by atoms with E-state index in [0.717, 1.165) is 19.1 Å². The predicted octanol–water partition coefficient (Wildman–Crippen LogP) is 3.94. The highest BCUT2D eigenvalue weighted by Crippen LogP contribution is 2.24. The lowest BCUT2D eigenvalue weighted by molar-refractivity contribution is 0.128. The Kier molecular flexibility index (Phi) is 9.59. The summed E-state index contributed by atoms with van der Waals surface area (Å²) in [4.78, 5) is 2.64. The average molecular weight is 254 g/mol. The Morgan fingerprint density at radius 3 is 2.00 bits per heavy atom. The van der Waals surface area contributed by atoms with E-state index in [9.17, 15) is 0 Å². The van der Waals surface area contributed by atoms with Crippen LogP contribution in [-0.4, -0.2) is 30.6 Å². The third-order valence-electron chi connectivity index (χ3n) is 4.31. The molecule has 2 heteroatoms. The molecule has 0 aromatic rings. The summed E-state index contributed by atoms with van der Waals surface area (Å²) in [6, 6.07) is 0.873. The van der Waals surface area contributed by atoms with Crippen molar-refractivity contribution in [2.24, 2.45) is 5.73 Å². The minimum Gasteiger partial charge on any atom is -0.329 e. The van der Waals surface area contributed by atoms with Gasteiger partial charge >= 0.3 is 0 Å². The van der Waals surface area contributed by atoms with Gasteiger partial charge in [-0.15, -0.1) is 0 Å². The SMILES string of the molecule is CCCCCCCCCCN(CCN)C1CCC1. The van der Waals surface area contributed by atoms with Gasteiger partial charge in [0.1, 0.15) is 0 Å². The van der Waals surface area contributed by atoms with Crippen molar-refractivity contribution in [2.45, 2.75) is 83.6 Å². The zero-order chi connectivity index (χ0) is 13.1. The van der Waals surface area contributed by atoms with Crippen LogP contribution >= 0.6 is 0 Å². The van der Waals surface area contributed by atoms with Gasteiger partial charge in [0.05, 0.1) is 0 Å². The average Bonchev–Trinajstić information content (AvgIpc) is 2.30. The van der Waals surface area contributed by atoms with Crippen LogP contribution in [0.5, 0.6) is 0 Å². The van der Waals surface area contributed by atoms with Gasteiger partial charge in [0.25, 0.3) is 0 Å². The van der Waals surface area contributed by atoms with Gasteiger partial charge in [-0.05, 0) is 25.8 Å². The monoisotopic (exact) mass is 254 g/mol. The smallest absolute Gasteiger partial charge is 0.0108 e. The number of nitrogens with zero attached hydrogens (tertiary/aromatic N) is 1. The maximum atomic E-state index is 5.70. The number of hydrogen-bond acceptors (Lipinski definition) is 2. The van der Waals surface area contributed by atoms with Gasteiger partial charge in [-0.3, -0.25) is 4.90 Å². The van der Waals surface area contributed by atoms with Crippen molar-refractivity contribution in [3.8, 4) is 0 Å². The Hall–Kier alpha value is -0.0800. The molecule has 0 bridgehead atoms. The highest BCUT2D eigenvalue weighted by atomic mass is 15.2. The Morgan fingerprint density at radius 2 is 1.50 bits per heavy atom. The third-order valence-corrected chi connectivity index (χ3v) is 4.31. The number of nitrogens with two attached hydrogens (primary N) is 1. The van der Waals surface area contributed by atoms with Crippen LogP contribution in [0.3, 0.4) is 0 Å². The predicted molar refractivity (Wildman–Crippen MR) is 80.9 cm³/mol. The second kappa shape index (κ2) is 10.8. The van der Waals surface area contributed by atoms with Crippen LogP contribution in [0.25, 0.3) is 0 Å². The molecule has 0 spiro atoms. The first-order valence-electron chi connectivity index (χ1n) is 8.32. The van der Waals surface area contributed by atoms with Crippen molar-refractivity contribution in [3.05, 3.63) is 0 Å². The molecular weight excluding hydrogens is 220 g/mol. The van der Waals surface area contributed by atoms with E-state index in [-0.39, 0.29) is 0 Å². The van der Waals surface area contributed by atoms with E-state index in [0.29, 0.717) is 0 Å². The summed E-state index contributed by atoms with van der Waals surface area (Å²) in [6.45, 7) is 5.51. The molecule has 0 aliphatic heterocycles. The summed E-state index contributed by atoms with van der Waals surface area (Å²) in [6.07, 6.45) is 15.6. The van der Waals surface area contributed by atoms with E-state index in [1.807, 2.05) is 0 Å². The summed E-state index contributed by atoms with van der Waals surface area (Å²) < 4.78 is 0. The van der Waals surface area contributed by atoms with Crippen molar-refractivity contribution in [1.29, 1.82) is 0 Å². The molecule has 2 nitrogen and oxygen atoms in total. The van der Waals surface area contributed by atoms with E-state index in [4.69, 9.17) is 5.73 Å². The van der Waals surface area contributed by atoms with Gasteiger partial charge in [-0.2, -0.15) is 0 Å². The van der Waals surface area contributed by atoms with Crippen LogP contribution in [0.2, 0.25) is 0 Å². The Labute approximate surface area is 114 Å². The summed E-state index contributed by atoms with van der Waals surface area (Å²) in [5.74, 6) is 0. The third kappa shape index (κ3) is 6.75. The molecule has 1 saturated carbocycles. The van der Waals surface area contributed by atoms with Crippen LogP contribution in [-0.2, 0) is 0 Å². The molecule has 0 saturated heterocycles. The number of unbranched alkanes of at least 4 members (excludes halogenated alkanes) is 7. The number of rotatable bonds is 12. The van der Waals surface area contributed by atoms with Gasteiger partial charge in [0.2, 0.25) is 0 Å². The number of hydrogen-bond donors (Lipinski definition) is 1. The fourth-order valence-electron chi connectivity index (χ4n) is 2.84. The lowest BCUT2D eigenvalue weighted by Gasteiger charge is -2.37. The van der Waals surface area contributed by atoms with E-state index in [1.54, 1.807) is 0 Å². The summed E-state index contributed by atoms with van der Waals surface area (Å²) in [7, 11) is 0. The van der Waals surface area contributed by atoms with E-state index in [2.05, 4.69) is 11.8 Å². The minimum atomic E-state index is 0.827. The first kappa shape index (κ1) is 16.0. The normalized spacial score (nSPS) is 16.2. The van der Waals surface area contributed by atoms with Gasteiger partial charge in [-0.1, -0.05) is 58.3 Å². The Bertz CT molecular complexity index is 178. The van der Waals surface area contributed by atoms with Crippen molar-refractivity contribution in [2.75, 3.05) is 19.6 Å². The van der Waals surface area contributed by atoms with Gasteiger partial charge < -0.3 is 5.73 Å². The van der Waals surface area contributed by atoms with Gasteiger partial charge in [0.15, 0.2) is 0 Å². The fourth-order valence-corrected chi connectivity index (χ4v) is 2.84. The molecule has 0 heterocycles.